The number of amides is 2. The van der Waals surface area contributed by atoms with Crippen LogP contribution in [0.5, 0.6) is 5.88 Å². The predicted octanol–water partition coefficient (Wildman–Crippen LogP) is 3.14. The average molecular weight is 510 g/mol. The van der Waals surface area contributed by atoms with Crippen LogP contribution in [0.25, 0.3) is 11.3 Å². The topological polar surface area (TPSA) is 139 Å². The van der Waals surface area contributed by atoms with E-state index >= 15 is 0 Å². The van der Waals surface area contributed by atoms with E-state index in [1.807, 2.05) is 11.8 Å². The molecule has 3 aromatic rings. The molecule has 1 spiro atoms. The highest BCUT2D eigenvalue weighted by molar-refractivity contribution is 5.94. The summed E-state index contributed by atoms with van der Waals surface area (Å²) in [5.74, 6) is 0.631. The molecule has 0 radical (unpaired) electrons. The first-order valence-corrected chi connectivity index (χ1v) is 12.6. The van der Waals surface area contributed by atoms with Gasteiger partial charge in [-0.2, -0.15) is 5.10 Å². The maximum Gasteiger partial charge on any atom is 0.272 e. The molecule has 3 aromatic heterocycles. The van der Waals surface area contributed by atoms with Crippen molar-refractivity contribution in [2.24, 2.45) is 5.92 Å². The van der Waals surface area contributed by atoms with E-state index in [2.05, 4.69) is 30.7 Å². The lowest BCUT2D eigenvalue weighted by Gasteiger charge is -2.39. The Labute approximate surface area is 212 Å². The lowest BCUT2D eigenvalue weighted by Crippen LogP contribution is -2.51. The Hall–Kier alpha value is -3.83. The molecule has 1 unspecified atom stereocenters. The van der Waals surface area contributed by atoms with Crippen LogP contribution in [0.3, 0.4) is 0 Å². The third kappa shape index (κ3) is 4.44. The van der Waals surface area contributed by atoms with Gasteiger partial charge in [-0.05, 0) is 51.5 Å². The number of pyridine rings is 1. The van der Waals surface area contributed by atoms with E-state index in [1.54, 1.807) is 0 Å². The van der Waals surface area contributed by atoms with Crippen LogP contribution < -0.4 is 10.1 Å². The number of nitrogens with zero attached hydrogens (tertiary/aromatic N) is 5. The van der Waals surface area contributed by atoms with E-state index in [0.717, 1.165) is 31.9 Å². The first-order valence-electron chi connectivity index (χ1n) is 12.6. The summed E-state index contributed by atoms with van der Waals surface area (Å²) < 4.78 is 25.1. The van der Waals surface area contributed by atoms with Gasteiger partial charge in [0, 0.05) is 35.5 Å². The van der Waals surface area contributed by atoms with Crippen LogP contribution in [0.4, 0.5) is 4.39 Å². The molecule has 1 aliphatic heterocycles. The summed E-state index contributed by atoms with van der Waals surface area (Å²) in [6.07, 6.45) is 6.00. The van der Waals surface area contributed by atoms with Gasteiger partial charge in [0.05, 0.1) is 19.0 Å². The van der Waals surface area contributed by atoms with Gasteiger partial charge in [0.2, 0.25) is 23.6 Å². The molecule has 2 N–H and O–H groups in total. The Morgan fingerprint density at radius 2 is 2.08 bits per heavy atom. The highest BCUT2D eigenvalue weighted by Gasteiger charge is 2.54. The Bertz CT molecular complexity index is 1350. The van der Waals surface area contributed by atoms with Gasteiger partial charge >= 0.3 is 0 Å². The molecule has 6 rings (SSSR count). The maximum absolute atomic E-state index is 14.3. The van der Waals surface area contributed by atoms with Crippen LogP contribution in [0.15, 0.2) is 22.7 Å². The van der Waals surface area contributed by atoms with Crippen LogP contribution in [-0.4, -0.2) is 61.3 Å². The SMILES string of the molecule is COc1cc(-c2cc(C(=O)N3CCC(C(=O)N[C@@H](C)c4nnc(C5CC5)o4)CC34CC4)[nH]n2)c(F)cn1. The molecular weight excluding hydrogens is 481 g/mol. The largest absolute Gasteiger partial charge is 0.481 e. The molecule has 37 heavy (non-hydrogen) atoms. The summed E-state index contributed by atoms with van der Waals surface area (Å²) in [5, 5.41) is 18.1. The summed E-state index contributed by atoms with van der Waals surface area (Å²) >= 11 is 0. The van der Waals surface area contributed by atoms with E-state index in [0.29, 0.717) is 42.8 Å². The van der Waals surface area contributed by atoms with Gasteiger partial charge < -0.3 is 19.4 Å². The first kappa shape index (κ1) is 23.6. The number of nitrogens with one attached hydrogen (secondary N) is 2. The Kier molecular flexibility index (Phi) is 5.68. The van der Waals surface area contributed by atoms with Gasteiger partial charge in [0.1, 0.15) is 11.7 Å². The lowest BCUT2D eigenvalue weighted by molar-refractivity contribution is -0.128. The van der Waals surface area contributed by atoms with Crippen LogP contribution in [0, 0.1) is 11.7 Å². The van der Waals surface area contributed by atoms with Crippen LogP contribution in [-0.2, 0) is 4.79 Å². The molecule has 12 heteroatoms. The molecule has 2 aliphatic carbocycles. The summed E-state index contributed by atoms with van der Waals surface area (Å²) in [7, 11) is 1.44. The van der Waals surface area contributed by atoms with E-state index in [-0.39, 0.29) is 46.5 Å². The first-order chi connectivity index (χ1) is 17.9. The summed E-state index contributed by atoms with van der Waals surface area (Å²) in [6, 6.07) is 2.60. The van der Waals surface area contributed by atoms with Crippen molar-refractivity contribution in [2.45, 2.75) is 62.9 Å². The third-order valence-electron chi connectivity index (χ3n) is 7.58. The van der Waals surface area contributed by atoms with Gasteiger partial charge in [-0.3, -0.25) is 14.7 Å². The number of aromatic amines is 1. The maximum atomic E-state index is 14.3. The number of aromatic nitrogens is 5. The predicted molar refractivity (Wildman–Crippen MR) is 127 cm³/mol. The number of carbonyl (C=O) groups excluding carboxylic acids is 2. The minimum Gasteiger partial charge on any atom is -0.481 e. The fourth-order valence-corrected chi connectivity index (χ4v) is 5.10. The molecular formula is C25H28FN7O4. The molecule has 11 nitrogen and oxygen atoms in total. The summed E-state index contributed by atoms with van der Waals surface area (Å²) in [5.41, 5.74) is 0.412. The zero-order valence-electron chi connectivity index (χ0n) is 20.7. The smallest absolute Gasteiger partial charge is 0.272 e. The van der Waals surface area contributed by atoms with Crippen molar-refractivity contribution in [1.29, 1.82) is 0 Å². The molecule has 2 atom stereocenters. The highest BCUT2D eigenvalue weighted by Crippen LogP contribution is 2.50. The number of ether oxygens (including phenoxy) is 1. The van der Waals surface area contributed by atoms with Crippen molar-refractivity contribution >= 4 is 11.8 Å². The van der Waals surface area contributed by atoms with Crippen molar-refractivity contribution in [1.82, 2.24) is 35.6 Å². The van der Waals surface area contributed by atoms with Crippen molar-refractivity contribution in [3.05, 3.63) is 41.6 Å². The number of rotatable bonds is 7. The molecule has 2 amide bonds. The Balaban J connectivity index is 1.11. The minimum absolute atomic E-state index is 0.0667. The number of halogens is 1. The standard InChI is InChI=1S/C25H28FN7O4/c1-13(22-31-32-23(37-22)14-3-4-14)28-21(34)15-5-8-33(25(11-15)6-7-25)24(35)19-10-18(29-30-19)16-9-20(36-2)27-12-17(16)26/h9-10,12-15H,3-8,11H2,1-2H3,(H,28,34)(H,29,30)/t13-,15?/m0/s1. The zero-order chi connectivity index (χ0) is 25.7. The van der Waals surface area contributed by atoms with Gasteiger partial charge in [-0.1, -0.05) is 0 Å². The quantitative estimate of drug-likeness (QED) is 0.495. The van der Waals surface area contributed by atoms with Crippen molar-refractivity contribution in [3.63, 3.8) is 0 Å². The van der Waals surface area contributed by atoms with Crippen LogP contribution >= 0.6 is 0 Å². The van der Waals surface area contributed by atoms with E-state index in [4.69, 9.17) is 9.15 Å². The van der Waals surface area contributed by atoms with Crippen molar-refractivity contribution in [3.8, 4) is 17.1 Å². The second kappa shape index (κ2) is 8.93. The van der Waals surface area contributed by atoms with Gasteiger partial charge in [-0.15, -0.1) is 10.2 Å². The fraction of sp³-hybridized carbons (Fsp3) is 0.520. The van der Waals surface area contributed by atoms with Gasteiger partial charge in [0.25, 0.3) is 5.91 Å². The molecule has 3 fully saturated rings. The molecule has 3 aliphatic rings. The second-order valence-electron chi connectivity index (χ2n) is 10.2. The molecule has 0 bridgehead atoms. The summed E-state index contributed by atoms with van der Waals surface area (Å²) in [6.45, 7) is 2.29. The number of methoxy groups -OCH3 is 1. The van der Waals surface area contributed by atoms with E-state index in [1.165, 1.54) is 19.2 Å². The van der Waals surface area contributed by atoms with Crippen LogP contribution in [0.2, 0.25) is 0 Å². The minimum atomic E-state index is -0.560. The highest BCUT2D eigenvalue weighted by atomic mass is 19.1. The number of likely N-dealkylation sites (tertiary alicyclic amines) is 1. The van der Waals surface area contributed by atoms with E-state index < -0.39 is 5.82 Å². The molecule has 4 heterocycles. The van der Waals surface area contributed by atoms with Gasteiger partial charge in [0.15, 0.2) is 5.82 Å². The number of carbonyl (C=O) groups is 2. The summed E-state index contributed by atoms with van der Waals surface area (Å²) in [4.78, 5) is 32.1. The van der Waals surface area contributed by atoms with Crippen molar-refractivity contribution < 1.29 is 23.1 Å². The molecule has 0 aromatic carbocycles. The van der Waals surface area contributed by atoms with E-state index in [9.17, 15) is 14.0 Å². The number of piperidine rings is 1. The van der Waals surface area contributed by atoms with Crippen LogP contribution in [0.1, 0.15) is 79.7 Å². The normalized spacial score (nSPS) is 21.1. The number of hydrogen-bond acceptors (Lipinski definition) is 8. The average Bonchev–Trinajstić information content (AvgIpc) is 3.78. The third-order valence-corrected chi connectivity index (χ3v) is 7.58. The fourth-order valence-electron chi connectivity index (χ4n) is 5.10. The second-order valence-corrected chi connectivity index (χ2v) is 10.2. The Morgan fingerprint density at radius 1 is 1.27 bits per heavy atom. The number of H-pyrrole nitrogens is 1. The number of hydrogen-bond donors (Lipinski definition) is 2. The monoisotopic (exact) mass is 509 g/mol. The molecule has 194 valence electrons. The lowest BCUT2D eigenvalue weighted by atomic mass is 9.87. The molecule has 1 saturated heterocycles. The molecule has 2 saturated carbocycles. The van der Waals surface area contributed by atoms with Crippen molar-refractivity contribution in [2.75, 3.05) is 13.7 Å². The zero-order valence-corrected chi connectivity index (χ0v) is 20.7. The van der Waals surface area contributed by atoms with Gasteiger partial charge in [-0.25, -0.2) is 9.37 Å². The Morgan fingerprint density at radius 3 is 2.81 bits per heavy atom.